The van der Waals surface area contributed by atoms with Gasteiger partial charge >= 0.3 is 6.03 Å². The predicted octanol–water partition coefficient (Wildman–Crippen LogP) is 3.15. The van der Waals surface area contributed by atoms with E-state index in [-0.39, 0.29) is 23.0 Å². The molecule has 2 aliphatic rings. The molecule has 0 saturated carbocycles. The van der Waals surface area contributed by atoms with E-state index in [1.165, 1.54) is 11.2 Å². The first-order valence-corrected chi connectivity index (χ1v) is 9.65. The lowest BCUT2D eigenvalue weighted by atomic mass is 10.2. The average molecular weight is 404 g/mol. The smallest absolute Gasteiger partial charge is 0.321 e. The summed E-state index contributed by atoms with van der Waals surface area (Å²) in [6.45, 7) is 2.58. The van der Waals surface area contributed by atoms with Gasteiger partial charge in [0.1, 0.15) is 5.69 Å². The van der Waals surface area contributed by atoms with E-state index in [9.17, 15) is 18.4 Å². The minimum atomic E-state index is -0.684. The Morgan fingerprint density at radius 2 is 1.55 bits per heavy atom. The van der Waals surface area contributed by atoms with Gasteiger partial charge in [-0.2, -0.15) is 0 Å². The minimum Gasteiger partial charge on any atom is -0.459 e. The van der Waals surface area contributed by atoms with Crippen molar-refractivity contribution in [3.63, 3.8) is 0 Å². The third-order valence-electron chi connectivity index (χ3n) is 5.28. The molecule has 1 aromatic carbocycles. The van der Waals surface area contributed by atoms with Gasteiger partial charge in [-0.15, -0.1) is 0 Å². The molecule has 0 atom stereocenters. The summed E-state index contributed by atoms with van der Waals surface area (Å²) in [5, 5.41) is 2.55. The number of nitrogens with zero attached hydrogens (tertiary/aromatic N) is 3. The number of anilines is 2. The number of hydrogen-bond donors (Lipinski definition) is 1. The number of carbonyl (C=O) groups excluding carboxylic acids is 2. The molecule has 2 saturated heterocycles. The Morgan fingerprint density at radius 1 is 0.931 bits per heavy atom. The van der Waals surface area contributed by atoms with Crippen LogP contribution in [0.4, 0.5) is 25.0 Å². The second-order valence-electron chi connectivity index (χ2n) is 7.17. The second kappa shape index (κ2) is 8.10. The molecular weight excluding hydrogens is 382 g/mol. The van der Waals surface area contributed by atoms with Gasteiger partial charge in [0.2, 0.25) is 0 Å². The van der Waals surface area contributed by atoms with E-state index >= 15 is 0 Å². The normalized spacial score (nSPS) is 17.0. The Hall–Kier alpha value is -3.10. The third kappa shape index (κ3) is 4.03. The molecule has 2 aliphatic heterocycles. The van der Waals surface area contributed by atoms with Gasteiger partial charge in [-0.05, 0) is 37.1 Å². The number of hydrogen-bond acceptors (Lipinski definition) is 4. The lowest BCUT2D eigenvalue weighted by molar-refractivity contribution is 0.0640. The van der Waals surface area contributed by atoms with E-state index in [4.69, 9.17) is 4.42 Å². The van der Waals surface area contributed by atoms with Crippen molar-refractivity contribution in [1.29, 1.82) is 0 Å². The van der Waals surface area contributed by atoms with Gasteiger partial charge in [-0.3, -0.25) is 4.79 Å². The van der Waals surface area contributed by atoms with Crippen LogP contribution in [0.2, 0.25) is 0 Å². The zero-order valence-corrected chi connectivity index (χ0v) is 15.9. The molecule has 3 amide bonds. The fourth-order valence-corrected chi connectivity index (χ4v) is 3.75. The van der Waals surface area contributed by atoms with Gasteiger partial charge in [-0.25, -0.2) is 13.6 Å². The molecule has 1 N–H and O–H groups in total. The number of piperazine rings is 1. The van der Waals surface area contributed by atoms with Crippen LogP contribution in [0.1, 0.15) is 23.4 Å². The number of furan rings is 1. The molecule has 0 radical (unpaired) electrons. The Morgan fingerprint density at radius 3 is 2.14 bits per heavy atom. The van der Waals surface area contributed by atoms with Gasteiger partial charge in [-0.1, -0.05) is 0 Å². The second-order valence-corrected chi connectivity index (χ2v) is 7.17. The largest absolute Gasteiger partial charge is 0.459 e. The first-order chi connectivity index (χ1) is 14.0. The van der Waals surface area contributed by atoms with E-state index in [0.717, 1.165) is 25.0 Å². The van der Waals surface area contributed by atoms with Crippen LogP contribution in [0.15, 0.2) is 34.9 Å². The highest BCUT2D eigenvalue weighted by molar-refractivity contribution is 5.92. The first-order valence-electron chi connectivity index (χ1n) is 9.65. The van der Waals surface area contributed by atoms with E-state index in [2.05, 4.69) is 5.32 Å². The molecule has 0 bridgehead atoms. The average Bonchev–Trinajstić information content (AvgIpc) is 3.41. The highest BCUT2D eigenvalue weighted by Gasteiger charge is 2.27. The predicted molar refractivity (Wildman–Crippen MR) is 103 cm³/mol. The van der Waals surface area contributed by atoms with Crippen molar-refractivity contribution in [3.8, 4) is 0 Å². The van der Waals surface area contributed by atoms with Crippen molar-refractivity contribution in [2.75, 3.05) is 49.5 Å². The molecule has 0 spiro atoms. The van der Waals surface area contributed by atoms with Crippen molar-refractivity contribution < 1.29 is 22.8 Å². The third-order valence-corrected chi connectivity index (χ3v) is 5.28. The molecule has 9 heteroatoms. The zero-order valence-electron chi connectivity index (χ0n) is 15.9. The maximum absolute atomic E-state index is 14.4. The van der Waals surface area contributed by atoms with E-state index in [1.807, 2.05) is 0 Å². The summed E-state index contributed by atoms with van der Waals surface area (Å²) in [6.07, 6.45) is 3.25. The Balaban J connectivity index is 1.36. The van der Waals surface area contributed by atoms with Crippen molar-refractivity contribution >= 4 is 23.3 Å². The van der Waals surface area contributed by atoms with Crippen molar-refractivity contribution in [2.45, 2.75) is 12.8 Å². The van der Waals surface area contributed by atoms with Crippen molar-refractivity contribution in [3.05, 3.63) is 47.9 Å². The Labute approximate surface area is 166 Å². The lowest BCUT2D eigenvalue weighted by Gasteiger charge is -2.34. The Kier molecular flexibility index (Phi) is 5.37. The highest BCUT2D eigenvalue weighted by Crippen LogP contribution is 2.29. The van der Waals surface area contributed by atoms with Crippen LogP contribution in [0, 0.1) is 11.6 Å². The molecule has 3 heterocycles. The molecule has 1 aromatic heterocycles. The number of amides is 3. The molecule has 29 heavy (non-hydrogen) atoms. The SMILES string of the molecule is O=C(Nc1cc(F)c(N2CCCC2)c(F)c1)N1CCN(C(=O)c2ccco2)CC1. The van der Waals surface area contributed by atoms with Crippen LogP contribution in [-0.2, 0) is 0 Å². The standard InChI is InChI=1S/C20H22F2N4O3/c21-15-12-14(13-16(22)18(15)24-5-1-2-6-24)23-20(28)26-9-7-25(8-10-26)19(27)17-4-3-11-29-17/h3-4,11-13H,1-2,5-10H2,(H,23,28). The maximum Gasteiger partial charge on any atom is 0.321 e. The molecule has 7 nitrogen and oxygen atoms in total. The first kappa shape index (κ1) is 19.2. The lowest BCUT2D eigenvalue weighted by Crippen LogP contribution is -2.51. The number of carbonyl (C=O) groups is 2. The quantitative estimate of drug-likeness (QED) is 0.853. The molecule has 2 aromatic rings. The summed E-state index contributed by atoms with van der Waals surface area (Å²) in [4.78, 5) is 29.5. The van der Waals surface area contributed by atoms with E-state index < -0.39 is 17.7 Å². The monoisotopic (exact) mass is 404 g/mol. The highest BCUT2D eigenvalue weighted by atomic mass is 19.1. The number of halogens is 2. The summed E-state index contributed by atoms with van der Waals surface area (Å²) < 4.78 is 34.0. The van der Waals surface area contributed by atoms with Crippen LogP contribution in [-0.4, -0.2) is 61.0 Å². The van der Waals surface area contributed by atoms with Crippen LogP contribution in [0.3, 0.4) is 0 Å². The molecule has 2 fully saturated rings. The molecular formula is C20H22F2N4O3. The van der Waals surface area contributed by atoms with Gasteiger partial charge in [0.05, 0.1) is 6.26 Å². The van der Waals surface area contributed by atoms with Crippen LogP contribution < -0.4 is 10.2 Å². The van der Waals surface area contributed by atoms with Gasteiger partial charge < -0.3 is 24.4 Å². The number of benzene rings is 1. The van der Waals surface area contributed by atoms with Gasteiger partial charge in [0.25, 0.3) is 5.91 Å². The van der Waals surface area contributed by atoms with Gasteiger partial charge in [0, 0.05) is 45.0 Å². The molecule has 154 valence electrons. The van der Waals surface area contributed by atoms with Crippen LogP contribution >= 0.6 is 0 Å². The summed E-state index contributed by atoms with van der Waals surface area (Å²) in [6, 6.07) is 5.07. The summed E-state index contributed by atoms with van der Waals surface area (Å²) in [5.74, 6) is -1.34. The number of nitrogens with one attached hydrogen (secondary N) is 1. The van der Waals surface area contributed by atoms with Crippen molar-refractivity contribution in [2.24, 2.45) is 0 Å². The topological polar surface area (TPSA) is 69.0 Å². The number of urea groups is 1. The zero-order chi connectivity index (χ0) is 20.4. The molecule has 4 rings (SSSR count). The van der Waals surface area contributed by atoms with Crippen molar-refractivity contribution in [1.82, 2.24) is 9.80 Å². The Bertz CT molecular complexity index is 866. The number of rotatable bonds is 3. The fraction of sp³-hybridized carbons (Fsp3) is 0.400. The maximum atomic E-state index is 14.4. The van der Waals surface area contributed by atoms with E-state index in [0.29, 0.717) is 39.3 Å². The fourth-order valence-electron chi connectivity index (χ4n) is 3.75. The van der Waals surface area contributed by atoms with Crippen LogP contribution in [0.5, 0.6) is 0 Å². The van der Waals surface area contributed by atoms with Gasteiger partial charge in [0.15, 0.2) is 17.4 Å². The van der Waals surface area contributed by atoms with E-state index in [1.54, 1.807) is 21.9 Å². The molecule has 0 unspecified atom stereocenters. The summed E-state index contributed by atoms with van der Waals surface area (Å²) in [7, 11) is 0. The van der Waals surface area contributed by atoms with Crippen LogP contribution in [0.25, 0.3) is 0 Å². The molecule has 0 aliphatic carbocycles. The minimum absolute atomic E-state index is 0.0365. The summed E-state index contributed by atoms with van der Waals surface area (Å²) >= 11 is 0. The summed E-state index contributed by atoms with van der Waals surface area (Å²) in [5.41, 5.74) is 0.0348.